The fraction of sp³-hybridized carbons (Fsp3) is 0.500. The Labute approximate surface area is 150 Å². The Morgan fingerprint density at radius 1 is 1.32 bits per heavy atom. The van der Waals surface area contributed by atoms with Crippen molar-refractivity contribution in [3.63, 3.8) is 0 Å². The normalized spacial score (nSPS) is 23.4. The second-order valence-corrected chi connectivity index (χ2v) is 7.51. The summed E-state index contributed by atoms with van der Waals surface area (Å²) in [6, 6.07) is 6.45. The molecule has 1 aliphatic carbocycles. The Balaban J connectivity index is 1.54. The van der Waals surface area contributed by atoms with Gasteiger partial charge in [-0.2, -0.15) is 0 Å². The van der Waals surface area contributed by atoms with Crippen LogP contribution in [0, 0.1) is 17.7 Å². The third-order valence-corrected chi connectivity index (χ3v) is 5.71. The largest absolute Gasteiger partial charge is 0.411 e. The second-order valence-electron chi connectivity index (χ2n) is 6.58. The number of hydrogen-bond acceptors (Lipinski definition) is 5. The minimum atomic E-state index is -0.416. The van der Waals surface area contributed by atoms with Crippen molar-refractivity contribution in [2.45, 2.75) is 44.4 Å². The van der Waals surface area contributed by atoms with Crippen LogP contribution in [0.5, 0.6) is 0 Å². The first kappa shape index (κ1) is 17.9. The summed E-state index contributed by atoms with van der Waals surface area (Å²) in [5.74, 6) is 0.985. The number of hydrogen-bond donors (Lipinski definition) is 1. The monoisotopic (exact) mass is 363 g/mol. The van der Waals surface area contributed by atoms with E-state index in [-0.39, 0.29) is 34.4 Å². The first-order valence-electron chi connectivity index (χ1n) is 8.55. The van der Waals surface area contributed by atoms with Crippen LogP contribution in [0.4, 0.5) is 4.39 Å². The highest BCUT2D eigenvalue weighted by atomic mass is 32.2. The minimum absolute atomic E-state index is 0.0402. The summed E-state index contributed by atoms with van der Waals surface area (Å²) in [5.41, 5.74) is 0.260. The van der Waals surface area contributed by atoms with Gasteiger partial charge in [0.15, 0.2) is 0 Å². The lowest BCUT2D eigenvalue weighted by Crippen LogP contribution is -2.44. The molecule has 0 spiro atoms. The molecule has 1 aromatic carbocycles. The van der Waals surface area contributed by atoms with Gasteiger partial charge in [0.25, 0.3) is 11.1 Å². The maximum Gasteiger partial charge on any atom is 0.277 e. The number of nitrogens with zero attached hydrogens (tertiary/aromatic N) is 2. The van der Waals surface area contributed by atoms with Crippen molar-refractivity contribution in [2.24, 2.45) is 11.8 Å². The van der Waals surface area contributed by atoms with Crippen LogP contribution in [0.1, 0.15) is 33.1 Å². The molecule has 0 aliphatic heterocycles. The van der Waals surface area contributed by atoms with Gasteiger partial charge in [-0.05, 0) is 30.4 Å². The van der Waals surface area contributed by atoms with Crippen LogP contribution in [0.25, 0.3) is 11.5 Å². The quantitative estimate of drug-likeness (QED) is 0.816. The summed E-state index contributed by atoms with van der Waals surface area (Å²) in [7, 11) is 0. The molecular weight excluding hydrogens is 341 g/mol. The molecule has 3 atom stereocenters. The topological polar surface area (TPSA) is 68.0 Å². The molecule has 3 rings (SSSR count). The second kappa shape index (κ2) is 7.99. The van der Waals surface area contributed by atoms with Crippen molar-refractivity contribution in [2.75, 3.05) is 5.75 Å². The number of nitrogens with one attached hydrogen (secondary N) is 1. The molecule has 0 unspecified atom stereocenters. The molecule has 0 radical (unpaired) electrons. The summed E-state index contributed by atoms with van der Waals surface area (Å²) in [6.07, 6.45) is 3.41. The van der Waals surface area contributed by atoms with Gasteiger partial charge in [0.05, 0.1) is 11.3 Å². The first-order chi connectivity index (χ1) is 12.0. The highest BCUT2D eigenvalue weighted by molar-refractivity contribution is 7.99. The maximum atomic E-state index is 13.7. The highest BCUT2D eigenvalue weighted by Gasteiger charge is 2.28. The van der Waals surface area contributed by atoms with E-state index >= 15 is 0 Å². The van der Waals surface area contributed by atoms with Crippen LogP contribution in [-0.4, -0.2) is 27.9 Å². The summed E-state index contributed by atoms with van der Waals surface area (Å²) in [5, 5.41) is 11.1. The Morgan fingerprint density at radius 2 is 2.12 bits per heavy atom. The number of aromatic nitrogens is 2. The van der Waals surface area contributed by atoms with Crippen LogP contribution in [0.2, 0.25) is 0 Å². The average Bonchev–Trinajstić information content (AvgIpc) is 3.06. The Hall–Kier alpha value is -1.89. The molecule has 25 heavy (non-hydrogen) atoms. The molecule has 7 heteroatoms. The predicted molar refractivity (Wildman–Crippen MR) is 94.5 cm³/mol. The van der Waals surface area contributed by atoms with E-state index < -0.39 is 5.82 Å². The molecule has 0 bridgehead atoms. The van der Waals surface area contributed by atoms with E-state index in [1.807, 2.05) is 0 Å². The zero-order valence-electron chi connectivity index (χ0n) is 14.4. The summed E-state index contributed by atoms with van der Waals surface area (Å²) < 4.78 is 19.2. The molecule has 1 aliphatic rings. The summed E-state index contributed by atoms with van der Waals surface area (Å²) in [6.45, 7) is 4.43. The molecule has 1 N–H and O–H groups in total. The van der Waals surface area contributed by atoms with E-state index in [9.17, 15) is 9.18 Å². The molecule has 1 aromatic heterocycles. The number of thioether (sulfide) groups is 1. The van der Waals surface area contributed by atoms with Crippen LogP contribution < -0.4 is 5.32 Å². The van der Waals surface area contributed by atoms with E-state index in [0.29, 0.717) is 11.8 Å². The molecular formula is C18H22FN3O2S. The van der Waals surface area contributed by atoms with Crippen molar-refractivity contribution in [3.8, 4) is 11.5 Å². The van der Waals surface area contributed by atoms with Gasteiger partial charge in [-0.15, -0.1) is 10.2 Å². The van der Waals surface area contributed by atoms with Crippen LogP contribution >= 0.6 is 11.8 Å². The Kier molecular flexibility index (Phi) is 5.73. The fourth-order valence-electron chi connectivity index (χ4n) is 3.17. The molecule has 0 saturated heterocycles. The van der Waals surface area contributed by atoms with Gasteiger partial charge in [-0.3, -0.25) is 4.79 Å². The third-order valence-electron chi connectivity index (χ3n) is 4.89. The van der Waals surface area contributed by atoms with Gasteiger partial charge in [-0.25, -0.2) is 4.39 Å². The molecule has 1 amide bonds. The van der Waals surface area contributed by atoms with Crippen LogP contribution in [0.3, 0.4) is 0 Å². The summed E-state index contributed by atoms with van der Waals surface area (Å²) >= 11 is 1.17. The molecule has 1 heterocycles. The maximum absolute atomic E-state index is 13.7. The van der Waals surface area contributed by atoms with Crippen molar-refractivity contribution >= 4 is 17.7 Å². The molecule has 134 valence electrons. The SMILES string of the molecule is C[C@@H]1[C@H](C)CCC[C@@H]1NC(=O)CSc1nnc(-c2ccccc2F)o1. The van der Waals surface area contributed by atoms with Gasteiger partial charge in [0, 0.05) is 6.04 Å². The molecule has 2 aromatic rings. The number of amides is 1. The van der Waals surface area contributed by atoms with E-state index in [1.165, 1.54) is 24.2 Å². The van der Waals surface area contributed by atoms with E-state index in [0.717, 1.165) is 12.8 Å². The molecule has 1 saturated carbocycles. The Bertz CT molecular complexity index is 737. The fourth-order valence-corrected chi connectivity index (χ4v) is 3.75. The van der Waals surface area contributed by atoms with Gasteiger partial charge < -0.3 is 9.73 Å². The predicted octanol–water partition coefficient (Wildman–Crippen LogP) is 3.91. The van der Waals surface area contributed by atoms with Gasteiger partial charge >= 0.3 is 0 Å². The highest BCUT2D eigenvalue weighted by Crippen LogP contribution is 2.30. The van der Waals surface area contributed by atoms with Crippen molar-refractivity contribution < 1.29 is 13.6 Å². The molecule has 1 fully saturated rings. The van der Waals surface area contributed by atoms with Crippen molar-refractivity contribution in [3.05, 3.63) is 30.1 Å². The van der Waals surface area contributed by atoms with Crippen molar-refractivity contribution in [1.29, 1.82) is 0 Å². The lowest BCUT2D eigenvalue weighted by molar-refractivity contribution is -0.120. The van der Waals surface area contributed by atoms with Gasteiger partial charge in [-0.1, -0.05) is 50.6 Å². The minimum Gasteiger partial charge on any atom is -0.411 e. The van der Waals surface area contributed by atoms with E-state index in [1.54, 1.807) is 18.2 Å². The first-order valence-corrected chi connectivity index (χ1v) is 9.53. The number of halogens is 1. The van der Waals surface area contributed by atoms with Crippen molar-refractivity contribution in [1.82, 2.24) is 15.5 Å². The number of rotatable bonds is 5. The number of carbonyl (C=O) groups excluding carboxylic acids is 1. The third kappa shape index (κ3) is 4.39. The zero-order chi connectivity index (χ0) is 17.8. The van der Waals surface area contributed by atoms with E-state index in [4.69, 9.17) is 4.42 Å². The van der Waals surface area contributed by atoms with E-state index in [2.05, 4.69) is 29.4 Å². The van der Waals surface area contributed by atoms with Gasteiger partial charge in [0.1, 0.15) is 5.82 Å². The summed E-state index contributed by atoms with van der Waals surface area (Å²) in [4.78, 5) is 12.2. The number of benzene rings is 1. The smallest absolute Gasteiger partial charge is 0.277 e. The van der Waals surface area contributed by atoms with Crippen LogP contribution in [0.15, 0.2) is 33.9 Å². The Morgan fingerprint density at radius 3 is 2.92 bits per heavy atom. The zero-order valence-corrected chi connectivity index (χ0v) is 15.2. The lowest BCUT2D eigenvalue weighted by atomic mass is 9.78. The average molecular weight is 363 g/mol. The lowest BCUT2D eigenvalue weighted by Gasteiger charge is -2.34. The standard InChI is InChI=1S/C18H22FN3O2S/c1-11-6-5-9-15(12(11)2)20-16(23)10-25-18-22-21-17(24-18)13-7-3-4-8-14(13)19/h3-4,7-8,11-12,15H,5-6,9-10H2,1-2H3,(H,20,23)/t11-,12-,15+/m1/s1. The van der Waals surface area contributed by atoms with Crippen LogP contribution in [-0.2, 0) is 4.79 Å². The number of carbonyl (C=O) groups is 1. The van der Waals surface area contributed by atoms with Gasteiger partial charge in [0.2, 0.25) is 5.91 Å². The molecule has 5 nitrogen and oxygen atoms in total.